The van der Waals surface area contributed by atoms with Crippen molar-refractivity contribution in [2.45, 2.75) is 60.5 Å². The van der Waals surface area contributed by atoms with E-state index in [1.165, 1.54) is 0 Å². The zero-order chi connectivity index (χ0) is 27.5. The van der Waals surface area contributed by atoms with Gasteiger partial charge in [-0.3, -0.25) is 0 Å². The van der Waals surface area contributed by atoms with Crippen LogP contribution >= 0.6 is 0 Å². The standard InChI is InChI=1S/C29H36O8/c1-9-32-24-13-11-22(26(16-24)34-20(7)36-28(30)18(3)4)15-23-12-14-25(33-10-2)17-27(23)35-21(8)37-29(31)19(5)6/h11-14,16-17,20-21H,3,5,9-10,15H2,1-2,4,6-8H3. The van der Waals surface area contributed by atoms with Crippen LogP contribution < -0.4 is 18.9 Å². The Morgan fingerprint density at radius 1 is 0.730 bits per heavy atom. The van der Waals surface area contributed by atoms with Crippen LogP contribution in [0.4, 0.5) is 0 Å². The first-order valence-corrected chi connectivity index (χ1v) is 12.1. The first-order chi connectivity index (χ1) is 17.5. The van der Waals surface area contributed by atoms with E-state index in [1.807, 2.05) is 38.1 Å². The van der Waals surface area contributed by atoms with Gasteiger partial charge in [0.25, 0.3) is 0 Å². The van der Waals surface area contributed by atoms with Gasteiger partial charge in [0, 0.05) is 43.5 Å². The summed E-state index contributed by atoms with van der Waals surface area (Å²) in [6, 6.07) is 10.9. The fraction of sp³-hybridized carbons (Fsp3) is 0.379. The summed E-state index contributed by atoms with van der Waals surface area (Å²) in [4.78, 5) is 23.9. The highest BCUT2D eigenvalue weighted by molar-refractivity contribution is 5.87. The monoisotopic (exact) mass is 512 g/mol. The molecule has 0 aliphatic rings. The molecule has 2 unspecified atom stereocenters. The maximum atomic E-state index is 11.9. The fourth-order valence-electron chi connectivity index (χ4n) is 3.21. The minimum atomic E-state index is -0.863. The third kappa shape index (κ3) is 9.22. The zero-order valence-electron chi connectivity index (χ0n) is 22.4. The van der Waals surface area contributed by atoms with Gasteiger partial charge in [-0.05, 0) is 51.0 Å². The summed E-state index contributed by atoms with van der Waals surface area (Å²) < 4.78 is 33.8. The molecule has 8 heteroatoms. The molecule has 0 radical (unpaired) electrons. The van der Waals surface area contributed by atoms with Crippen LogP contribution in [0.25, 0.3) is 0 Å². The second kappa shape index (κ2) is 14.0. The molecule has 0 bridgehead atoms. The highest BCUT2D eigenvalue weighted by Gasteiger charge is 2.18. The zero-order valence-corrected chi connectivity index (χ0v) is 22.4. The molecule has 0 fully saturated rings. The lowest BCUT2D eigenvalue weighted by atomic mass is 10.0. The third-order valence-electron chi connectivity index (χ3n) is 4.91. The van der Waals surface area contributed by atoms with Gasteiger partial charge in [-0.1, -0.05) is 25.3 Å². The molecule has 0 saturated carbocycles. The van der Waals surface area contributed by atoms with Crippen LogP contribution in [0.15, 0.2) is 60.7 Å². The Balaban J connectivity index is 2.38. The molecule has 0 heterocycles. The SMILES string of the molecule is C=C(C)C(=O)OC(C)Oc1cc(OCC)ccc1Cc1ccc(OCC)cc1OC(C)OC(=O)C(=C)C. The van der Waals surface area contributed by atoms with Gasteiger partial charge in [-0.2, -0.15) is 0 Å². The van der Waals surface area contributed by atoms with E-state index in [4.69, 9.17) is 28.4 Å². The molecular weight excluding hydrogens is 476 g/mol. The summed E-state index contributed by atoms with van der Waals surface area (Å²) in [6.07, 6.45) is -1.33. The highest BCUT2D eigenvalue weighted by atomic mass is 16.7. The van der Waals surface area contributed by atoms with E-state index >= 15 is 0 Å². The van der Waals surface area contributed by atoms with Gasteiger partial charge >= 0.3 is 11.9 Å². The van der Waals surface area contributed by atoms with Gasteiger partial charge in [-0.15, -0.1) is 0 Å². The third-order valence-corrected chi connectivity index (χ3v) is 4.91. The second-order valence-corrected chi connectivity index (χ2v) is 8.32. The van der Waals surface area contributed by atoms with Crippen LogP contribution in [-0.2, 0) is 25.5 Å². The Labute approximate surface area is 218 Å². The number of benzene rings is 2. The highest BCUT2D eigenvalue weighted by Crippen LogP contribution is 2.33. The van der Waals surface area contributed by atoms with Crippen molar-refractivity contribution in [2.75, 3.05) is 13.2 Å². The van der Waals surface area contributed by atoms with Crippen molar-refractivity contribution >= 4 is 11.9 Å². The molecule has 37 heavy (non-hydrogen) atoms. The van der Waals surface area contributed by atoms with Crippen LogP contribution in [0.1, 0.15) is 52.7 Å². The molecule has 200 valence electrons. The first kappa shape index (κ1) is 29.3. The molecule has 0 aliphatic heterocycles. The Morgan fingerprint density at radius 2 is 1.11 bits per heavy atom. The van der Waals surface area contributed by atoms with Crippen LogP contribution in [-0.4, -0.2) is 37.7 Å². The molecular formula is C29H36O8. The average molecular weight is 513 g/mol. The maximum Gasteiger partial charge on any atom is 0.336 e. The number of rotatable bonds is 14. The van der Waals surface area contributed by atoms with E-state index in [2.05, 4.69) is 13.2 Å². The van der Waals surface area contributed by atoms with E-state index in [1.54, 1.807) is 39.8 Å². The lowest BCUT2D eigenvalue weighted by Crippen LogP contribution is -2.22. The Bertz CT molecular complexity index is 1030. The second-order valence-electron chi connectivity index (χ2n) is 8.32. The molecule has 0 aromatic heterocycles. The smallest absolute Gasteiger partial charge is 0.336 e. The Morgan fingerprint density at radius 3 is 1.43 bits per heavy atom. The lowest BCUT2D eigenvalue weighted by Gasteiger charge is -2.21. The van der Waals surface area contributed by atoms with Crippen LogP contribution in [0.2, 0.25) is 0 Å². The topological polar surface area (TPSA) is 89.5 Å². The minimum absolute atomic E-state index is 0.274. The van der Waals surface area contributed by atoms with Crippen molar-refractivity contribution in [3.05, 3.63) is 71.8 Å². The van der Waals surface area contributed by atoms with Crippen molar-refractivity contribution in [1.82, 2.24) is 0 Å². The summed E-state index contributed by atoms with van der Waals surface area (Å²) in [6.45, 7) is 18.3. The van der Waals surface area contributed by atoms with Crippen LogP contribution in [0.3, 0.4) is 0 Å². The number of hydrogen-bond donors (Lipinski definition) is 0. The fourth-order valence-corrected chi connectivity index (χ4v) is 3.21. The summed E-state index contributed by atoms with van der Waals surface area (Å²) in [7, 11) is 0. The molecule has 2 atom stereocenters. The molecule has 2 aromatic carbocycles. The van der Waals surface area contributed by atoms with E-state index < -0.39 is 24.5 Å². The van der Waals surface area contributed by atoms with Crippen molar-refractivity contribution in [1.29, 1.82) is 0 Å². The molecule has 2 aromatic rings. The number of carbonyl (C=O) groups excluding carboxylic acids is 2. The van der Waals surface area contributed by atoms with Crippen molar-refractivity contribution in [2.24, 2.45) is 0 Å². The predicted molar refractivity (Wildman–Crippen MR) is 140 cm³/mol. The van der Waals surface area contributed by atoms with Gasteiger partial charge in [0.2, 0.25) is 12.6 Å². The molecule has 0 N–H and O–H groups in total. The maximum absolute atomic E-state index is 11.9. The summed E-state index contributed by atoms with van der Waals surface area (Å²) in [5, 5.41) is 0. The average Bonchev–Trinajstić information content (AvgIpc) is 2.82. The number of ether oxygens (including phenoxy) is 6. The Kier molecular flexibility index (Phi) is 11.1. The van der Waals surface area contributed by atoms with Gasteiger partial charge < -0.3 is 28.4 Å². The first-order valence-electron chi connectivity index (χ1n) is 12.1. The lowest BCUT2D eigenvalue weighted by molar-refractivity contribution is -0.157. The van der Waals surface area contributed by atoms with Gasteiger partial charge in [0.15, 0.2) is 0 Å². The molecule has 8 nitrogen and oxygen atoms in total. The van der Waals surface area contributed by atoms with Gasteiger partial charge in [-0.25, -0.2) is 9.59 Å². The molecule has 2 rings (SSSR count). The number of esters is 2. The van der Waals surface area contributed by atoms with Gasteiger partial charge in [0.05, 0.1) is 13.2 Å². The minimum Gasteiger partial charge on any atom is -0.494 e. The van der Waals surface area contributed by atoms with E-state index in [0.717, 1.165) is 11.1 Å². The van der Waals surface area contributed by atoms with Crippen LogP contribution in [0, 0.1) is 0 Å². The quantitative estimate of drug-likeness (QED) is 0.179. The normalized spacial score (nSPS) is 12.1. The largest absolute Gasteiger partial charge is 0.494 e. The molecule has 0 saturated heterocycles. The molecule has 0 aliphatic carbocycles. The molecule has 0 amide bonds. The van der Waals surface area contributed by atoms with Crippen LogP contribution in [0.5, 0.6) is 23.0 Å². The summed E-state index contributed by atoms with van der Waals surface area (Å²) in [5.74, 6) is 1.10. The van der Waals surface area contributed by atoms with Crippen molar-refractivity contribution in [3.8, 4) is 23.0 Å². The van der Waals surface area contributed by atoms with Crippen molar-refractivity contribution in [3.63, 3.8) is 0 Å². The summed E-state index contributed by atoms with van der Waals surface area (Å²) >= 11 is 0. The Hall–Kier alpha value is -3.94. The van der Waals surface area contributed by atoms with E-state index in [9.17, 15) is 9.59 Å². The predicted octanol–water partition coefficient (Wildman–Crippen LogP) is 5.76. The number of carbonyl (C=O) groups is 2. The van der Waals surface area contributed by atoms with Gasteiger partial charge in [0.1, 0.15) is 23.0 Å². The van der Waals surface area contributed by atoms with Crippen molar-refractivity contribution < 1.29 is 38.0 Å². The van der Waals surface area contributed by atoms with E-state index in [-0.39, 0.29) is 11.1 Å². The number of hydrogen-bond acceptors (Lipinski definition) is 8. The summed E-state index contributed by atoms with van der Waals surface area (Å²) in [5.41, 5.74) is 2.14. The molecule has 0 spiro atoms. The van der Waals surface area contributed by atoms with E-state index in [0.29, 0.717) is 42.6 Å².